The summed E-state index contributed by atoms with van der Waals surface area (Å²) in [6, 6.07) is 4.31. The van der Waals surface area contributed by atoms with Gasteiger partial charge in [-0.3, -0.25) is 0 Å². The molecule has 19 heavy (non-hydrogen) atoms. The highest BCUT2D eigenvalue weighted by molar-refractivity contribution is 7.80. The lowest BCUT2D eigenvalue weighted by atomic mass is 9.96. The van der Waals surface area contributed by atoms with Crippen molar-refractivity contribution in [3.8, 4) is 0 Å². The van der Waals surface area contributed by atoms with Crippen molar-refractivity contribution in [2.75, 3.05) is 0 Å². The van der Waals surface area contributed by atoms with E-state index in [1.165, 1.54) is 25.3 Å². The molecule has 1 aromatic carbocycles. The highest BCUT2D eigenvalue weighted by atomic mass is 32.1. The molecule has 104 valence electrons. The second kappa shape index (κ2) is 6.80. The first-order valence-electron chi connectivity index (χ1n) is 6.63. The SMILES string of the molecule is Fc1ccc(CNC(=S)NC2CCCCC2)cc1F. The van der Waals surface area contributed by atoms with Crippen molar-refractivity contribution in [2.45, 2.75) is 44.7 Å². The van der Waals surface area contributed by atoms with Gasteiger partial charge in [-0.25, -0.2) is 8.78 Å². The summed E-state index contributed by atoms with van der Waals surface area (Å²) in [6.45, 7) is 0.399. The number of benzene rings is 1. The summed E-state index contributed by atoms with van der Waals surface area (Å²) in [5, 5.41) is 6.87. The molecule has 0 unspecified atom stereocenters. The monoisotopic (exact) mass is 284 g/mol. The zero-order chi connectivity index (χ0) is 13.7. The van der Waals surface area contributed by atoms with Gasteiger partial charge in [-0.05, 0) is 42.8 Å². The highest BCUT2D eigenvalue weighted by Gasteiger charge is 2.13. The van der Waals surface area contributed by atoms with Gasteiger partial charge in [0.15, 0.2) is 16.7 Å². The van der Waals surface area contributed by atoms with E-state index in [-0.39, 0.29) is 0 Å². The Balaban J connectivity index is 1.77. The van der Waals surface area contributed by atoms with Gasteiger partial charge in [0.2, 0.25) is 0 Å². The Morgan fingerprint density at radius 3 is 2.58 bits per heavy atom. The van der Waals surface area contributed by atoms with Crippen LogP contribution in [0.4, 0.5) is 8.78 Å². The molecule has 0 bridgehead atoms. The molecule has 0 atom stereocenters. The normalized spacial score (nSPS) is 16.1. The standard InChI is InChI=1S/C14H18F2N2S/c15-12-7-6-10(8-13(12)16)9-17-14(19)18-11-4-2-1-3-5-11/h6-8,11H,1-5,9H2,(H2,17,18,19). The summed E-state index contributed by atoms with van der Waals surface area (Å²) in [4.78, 5) is 0. The van der Waals surface area contributed by atoms with Crippen LogP contribution in [0.15, 0.2) is 18.2 Å². The molecule has 1 aliphatic rings. The second-order valence-corrected chi connectivity index (χ2v) is 5.32. The fourth-order valence-corrected chi connectivity index (χ4v) is 2.55. The number of hydrogen-bond donors (Lipinski definition) is 2. The molecule has 0 saturated heterocycles. The van der Waals surface area contributed by atoms with Crippen molar-refractivity contribution in [1.82, 2.24) is 10.6 Å². The molecule has 5 heteroatoms. The van der Waals surface area contributed by atoms with Gasteiger partial charge in [-0.15, -0.1) is 0 Å². The Morgan fingerprint density at radius 2 is 1.89 bits per heavy atom. The first-order valence-corrected chi connectivity index (χ1v) is 7.04. The van der Waals surface area contributed by atoms with E-state index in [1.54, 1.807) is 6.07 Å². The maximum Gasteiger partial charge on any atom is 0.166 e. The number of nitrogens with one attached hydrogen (secondary N) is 2. The quantitative estimate of drug-likeness (QED) is 0.833. The molecule has 0 amide bonds. The Kier molecular flexibility index (Phi) is 5.07. The van der Waals surface area contributed by atoms with Crippen LogP contribution in [0.5, 0.6) is 0 Å². The Hall–Kier alpha value is -1.23. The number of thiocarbonyl (C=S) groups is 1. The van der Waals surface area contributed by atoms with E-state index in [1.807, 2.05) is 0 Å². The number of rotatable bonds is 3. The molecule has 0 spiro atoms. The first-order chi connectivity index (χ1) is 9.15. The minimum Gasteiger partial charge on any atom is -0.360 e. The predicted octanol–water partition coefficient (Wildman–Crippen LogP) is 3.26. The van der Waals surface area contributed by atoms with Gasteiger partial charge in [0.1, 0.15) is 0 Å². The molecule has 1 fully saturated rings. The molecule has 0 heterocycles. The third-order valence-electron chi connectivity index (χ3n) is 3.38. The van der Waals surface area contributed by atoms with Gasteiger partial charge < -0.3 is 10.6 Å². The zero-order valence-electron chi connectivity index (χ0n) is 10.7. The Labute approximate surface area is 117 Å². The van der Waals surface area contributed by atoms with Gasteiger partial charge in [-0.1, -0.05) is 25.3 Å². The maximum absolute atomic E-state index is 13.0. The average Bonchev–Trinajstić information content (AvgIpc) is 2.41. The van der Waals surface area contributed by atoms with Crippen molar-refractivity contribution < 1.29 is 8.78 Å². The zero-order valence-corrected chi connectivity index (χ0v) is 11.5. The molecule has 0 radical (unpaired) electrons. The lowest BCUT2D eigenvalue weighted by molar-refractivity contribution is 0.412. The molecule has 2 nitrogen and oxygen atoms in total. The van der Waals surface area contributed by atoms with Crippen LogP contribution in [-0.2, 0) is 6.54 Å². The van der Waals surface area contributed by atoms with Crippen LogP contribution in [0, 0.1) is 11.6 Å². The largest absolute Gasteiger partial charge is 0.360 e. The van der Waals surface area contributed by atoms with Crippen LogP contribution >= 0.6 is 12.2 Å². The van der Waals surface area contributed by atoms with Crippen LogP contribution in [0.25, 0.3) is 0 Å². The fraction of sp³-hybridized carbons (Fsp3) is 0.500. The molecule has 1 aliphatic carbocycles. The number of hydrogen-bond acceptors (Lipinski definition) is 1. The van der Waals surface area contributed by atoms with E-state index in [9.17, 15) is 8.78 Å². The van der Waals surface area contributed by atoms with Crippen molar-refractivity contribution in [3.05, 3.63) is 35.4 Å². The van der Waals surface area contributed by atoms with E-state index >= 15 is 0 Å². The van der Waals surface area contributed by atoms with Crippen molar-refractivity contribution in [3.63, 3.8) is 0 Å². The summed E-state index contributed by atoms with van der Waals surface area (Å²) < 4.78 is 25.8. The molecule has 0 aliphatic heterocycles. The molecule has 2 N–H and O–H groups in total. The first kappa shape index (κ1) is 14.2. The van der Waals surface area contributed by atoms with E-state index in [0.29, 0.717) is 23.3 Å². The summed E-state index contributed by atoms with van der Waals surface area (Å²) in [6.07, 6.45) is 6.07. The highest BCUT2D eigenvalue weighted by Crippen LogP contribution is 2.17. The van der Waals surface area contributed by atoms with E-state index in [4.69, 9.17) is 12.2 Å². The van der Waals surface area contributed by atoms with Crippen LogP contribution in [-0.4, -0.2) is 11.2 Å². The van der Waals surface area contributed by atoms with Crippen LogP contribution in [0.2, 0.25) is 0 Å². The summed E-state index contributed by atoms with van der Waals surface area (Å²) in [7, 11) is 0. The predicted molar refractivity (Wildman–Crippen MR) is 75.8 cm³/mol. The lowest BCUT2D eigenvalue weighted by Crippen LogP contribution is -2.42. The van der Waals surface area contributed by atoms with Gasteiger partial charge in [0.25, 0.3) is 0 Å². The summed E-state index contributed by atoms with van der Waals surface area (Å²) in [5.74, 6) is -1.66. The maximum atomic E-state index is 13.0. The third kappa shape index (κ3) is 4.42. The summed E-state index contributed by atoms with van der Waals surface area (Å²) >= 11 is 5.20. The van der Waals surface area contributed by atoms with Crippen molar-refractivity contribution in [1.29, 1.82) is 0 Å². The van der Waals surface area contributed by atoms with Gasteiger partial charge in [-0.2, -0.15) is 0 Å². The Bertz CT molecular complexity index is 445. The topological polar surface area (TPSA) is 24.1 Å². The van der Waals surface area contributed by atoms with Gasteiger partial charge in [0.05, 0.1) is 0 Å². The number of halogens is 2. The van der Waals surface area contributed by atoms with Gasteiger partial charge >= 0.3 is 0 Å². The van der Waals surface area contributed by atoms with Crippen LogP contribution in [0.1, 0.15) is 37.7 Å². The Morgan fingerprint density at radius 1 is 1.16 bits per heavy atom. The molecular weight excluding hydrogens is 266 g/mol. The molecular formula is C14H18F2N2S. The molecule has 1 saturated carbocycles. The second-order valence-electron chi connectivity index (χ2n) is 4.91. The van der Waals surface area contributed by atoms with Crippen molar-refractivity contribution in [2.24, 2.45) is 0 Å². The molecule has 2 rings (SSSR count). The fourth-order valence-electron chi connectivity index (χ4n) is 2.32. The molecule has 0 aromatic heterocycles. The van der Waals surface area contributed by atoms with Gasteiger partial charge in [0, 0.05) is 12.6 Å². The molecule has 1 aromatic rings. The smallest absolute Gasteiger partial charge is 0.166 e. The van der Waals surface area contributed by atoms with Crippen LogP contribution in [0.3, 0.4) is 0 Å². The van der Waals surface area contributed by atoms with E-state index in [2.05, 4.69) is 10.6 Å². The minimum atomic E-state index is -0.828. The minimum absolute atomic E-state index is 0.399. The third-order valence-corrected chi connectivity index (χ3v) is 3.64. The van der Waals surface area contributed by atoms with E-state index < -0.39 is 11.6 Å². The van der Waals surface area contributed by atoms with E-state index in [0.717, 1.165) is 18.9 Å². The summed E-state index contributed by atoms with van der Waals surface area (Å²) in [5.41, 5.74) is 0.673. The van der Waals surface area contributed by atoms with Crippen molar-refractivity contribution >= 4 is 17.3 Å². The lowest BCUT2D eigenvalue weighted by Gasteiger charge is -2.24. The van der Waals surface area contributed by atoms with Crippen LogP contribution < -0.4 is 10.6 Å². The average molecular weight is 284 g/mol.